The number of fused-ring (bicyclic) bond motifs is 6. The van der Waals surface area contributed by atoms with Crippen molar-refractivity contribution in [2.75, 3.05) is 0 Å². The van der Waals surface area contributed by atoms with Crippen molar-refractivity contribution in [3.05, 3.63) is 76.4 Å². The highest BCUT2D eigenvalue weighted by molar-refractivity contribution is 6.26. The molecule has 5 fully saturated rings. The lowest BCUT2D eigenvalue weighted by molar-refractivity contribution is 0.165. The molecule has 0 radical (unpaired) electrons. The van der Waals surface area contributed by atoms with Crippen LogP contribution < -0.4 is 0 Å². The van der Waals surface area contributed by atoms with E-state index in [0.717, 1.165) is 23.7 Å². The summed E-state index contributed by atoms with van der Waals surface area (Å²) in [6, 6.07) is 16.6. The van der Waals surface area contributed by atoms with Gasteiger partial charge in [-0.15, -0.1) is 0 Å². The van der Waals surface area contributed by atoms with E-state index in [1.54, 1.807) is 33.3 Å². The van der Waals surface area contributed by atoms with E-state index in [1.165, 1.54) is 133 Å². The molecule has 0 amide bonds. The van der Waals surface area contributed by atoms with Crippen LogP contribution in [0, 0.1) is 23.7 Å². The average Bonchev–Trinajstić information content (AvgIpc) is 3.75. The SMILES string of the molecule is c1ccc(-c2cc3c4c5c(nc6c4n4c7c(nc8c(c7c(c2)c34)C2CC3CC(CC8C3)C2)C2CCC6C2)C2CC3CC(C2)CC5C3)cc1. The zero-order valence-corrected chi connectivity index (χ0v) is 27.8. The lowest BCUT2D eigenvalue weighted by Crippen LogP contribution is -2.25. The number of rotatable bonds is 1. The zero-order valence-electron chi connectivity index (χ0n) is 27.8. The predicted octanol–water partition coefficient (Wildman–Crippen LogP) is 11.4. The predicted molar refractivity (Wildman–Crippen MR) is 193 cm³/mol. The first-order chi connectivity index (χ1) is 23.7. The van der Waals surface area contributed by atoms with Crippen LogP contribution in [0.5, 0.6) is 0 Å². The molecule has 6 atom stereocenters. The van der Waals surface area contributed by atoms with Gasteiger partial charge >= 0.3 is 0 Å². The van der Waals surface area contributed by atoms with Crippen LogP contribution in [0.4, 0.5) is 0 Å². The molecule has 0 saturated heterocycles. The summed E-state index contributed by atoms with van der Waals surface area (Å²) in [6.45, 7) is 0. The first-order valence-corrected chi connectivity index (χ1v) is 19.9. The van der Waals surface area contributed by atoms with Crippen molar-refractivity contribution in [1.29, 1.82) is 0 Å². The Morgan fingerprint density at radius 3 is 1.42 bits per heavy atom. The van der Waals surface area contributed by atoms with Gasteiger partial charge in [0.25, 0.3) is 0 Å². The number of hydrogen-bond donors (Lipinski definition) is 0. The van der Waals surface area contributed by atoms with Crippen molar-refractivity contribution in [2.45, 2.75) is 119 Å². The minimum absolute atomic E-state index is 0.558. The third-order valence-corrected chi connectivity index (χ3v) is 16.0. The molecule has 3 nitrogen and oxygen atoms in total. The fraction of sp³-hybridized carbons (Fsp3) is 0.511. The van der Waals surface area contributed by atoms with Gasteiger partial charge in [0.15, 0.2) is 0 Å². The second-order valence-corrected chi connectivity index (χ2v) is 18.5. The minimum Gasteiger partial charge on any atom is -0.304 e. The first kappa shape index (κ1) is 25.5. The van der Waals surface area contributed by atoms with Crippen molar-refractivity contribution < 1.29 is 0 Å². The Hall–Kier alpha value is -3.46. The van der Waals surface area contributed by atoms with Crippen LogP contribution in [0.15, 0.2) is 42.5 Å². The van der Waals surface area contributed by atoms with Gasteiger partial charge in [0.2, 0.25) is 0 Å². The number of benzene rings is 2. The van der Waals surface area contributed by atoms with E-state index in [9.17, 15) is 0 Å². The van der Waals surface area contributed by atoms with Crippen LogP contribution in [0.3, 0.4) is 0 Å². The molecule has 4 aromatic heterocycles. The lowest BCUT2D eigenvalue weighted by Gasteiger charge is -2.38. The second kappa shape index (κ2) is 8.45. The molecular formula is C45H43N3. The van der Waals surface area contributed by atoms with Crippen molar-refractivity contribution >= 4 is 38.1 Å². The molecule has 6 aromatic rings. The van der Waals surface area contributed by atoms with E-state index in [1.807, 2.05) is 0 Å². The van der Waals surface area contributed by atoms with Gasteiger partial charge in [-0.2, -0.15) is 0 Å². The van der Waals surface area contributed by atoms with Crippen LogP contribution in [0.2, 0.25) is 0 Å². The van der Waals surface area contributed by atoms with Gasteiger partial charge in [0.1, 0.15) is 0 Å². The monoisotopic (exact) mass is 625 g/mol. The van der Waals surface area contributed by atoms with E-state index in [4.69, 9.17) is 9.97 Å². The molecule has 238 valence electrons. The van der Waals surface area contributed by atoms with E-state index >= 15 is 0 Å². The van der Waals surface area contributed by atoms with Crippen LogP contribution in [-0.2, 0) is 0 Å². The number of pyridine rings is 2. The third-order valence-electron chi connectivity index (χ3n) is 16.0. The maximum Gasteiger partial charge on any atom is 0.0764 e. The Kier molecular flexibility index (Phi) is 4.49. The topological polar surface area (TPSA) is 30.2 Å². The van der Waals surface area contributed by atoms with Gasteiger partial charge in [-0.05, 0) is 153 Å². The molecule has 9 aliphatic carbocycles. The quantitative estimate of drug-likeness (QED) is 0.182. The Labute approximate surface area is 281 Å². The van der Waals surface area contributed by atoms with Gasteiger partial charge in [-0.1, -0.05) is 30.3 Å². The van der Waals surface area contributed by atoms with E-state index in [0.29, 0.717) is 35.5 Å². The molecule has 2 aromatic carbocycles. The third kappa shape index (κ3) is 2.96. The van der Waals surface area contributed by atoms with Gasteiger partial charge in [-0.3, -0.25) is 9.97 Å². The molecule has 16 rings (SSSR count). The standard InChI is InChI=1S/C45H43N3/c1-2-4-25(5-3-1)28-19-33-37-35-29-10-21-8-22(11-29)15-31(14-21)39(35)46-41-26-6-7-27(18-26)42-45-38(34(20-28)43(33)48(45)44(37)41)36-30-12-23-9-24(13-30)17-32(16-23)40(36)47-42/h1-5,19-24,26-27,29-32H,6-18H2. The molecule has 6 unspecified atom stereocenters. The number of hydrogen-bond acceptors (Lipinski definition) is 2. The van der Waals surface area contributed by atoms with Crippen molar-refractivity contribution in [1.82, 2.24) is 14.4 Å². The molecule has 10 bridgehead atoms. The highest BCUT2D eigenvalue weighted by Gasteiger charge is 2.48. The smallest absolute Gasteiger partial charge is 0.0764 e. The normalized spacial score (nSPS) is 36.5. The number of nitrogens with zero attached hydrogens (tertiary/aromatic N) is 3. The van der Waals surface area contributed by atoms with Crippen molar-refractivity contribution in [3.8, 4) is 11.1 Å². The highest BCUT2D eigenvalue weighted by atomic mass is 15.0. The van der Waals surface area contributed by atoms with E-state index < -0.39 is 0 Å². The Bertz CT molecular complexity index is 2250. The average molecular weight is 626 g/mol. The van der Waals surface area contributed by atoms with Gasteiger partial charge in [0, 0.05) is 56.6 Å². The molecule has 5 heterocycles. The lowest BCUT2D eigenvalue weighted by atomic mass is 9.67. The van der Waals surface area contributed by atoms with E-state index in [2.05, 4.69) is 46.9 Å². The minimum atomic E-state index is 0.558. The second-order valence-electron chi connectivity index (χ2n) is 18.5. The van der Waals surface area contributed by atoms with Crippen LogP contribution in [-0.4, -0.2) is 14.4 Å². The van der Waals surface area contributed by atoms with Crippen LogP contribution in [0.1, 0.15) is 153 Å². The first-order valence-electron chi connectivity index (χ1n) is 19.9. The summed E-state index contributed by atoms with van der Waals surface area (Å²) in [5.74, 6) is 7.43. The Balaban J connectivity index is 1.22. The molecule has 48 heavy (non-hydrogen) atoms. The maximum atomic E-state index is 6.01. The summed E-state index contributed by atoms with van der Waals surface area (Å²) >= 11 is 0. The summed E-state index contributed by atoms with van der Waals surface area (Å²) in [5.41, 5.74) is 16.8. The van der Waals surface area contributed by atoms with Crippen LogP contribution >= 0.6 is 0 Å². The van der Waals surface area contributed by atoms with Gasteiger partial charge in [0.05, 0.1) is 27.9 Å². The summed E-state index contributed by atoms with van der Waals surface area (Å²) in [5, 5.41) is 6.32. The molecule has 3 heteroatoms. The summed E-state index contributed by atoms with van der Waals surface area (Å²) < 4.78 is 2.84. The molecule has 0 spiro atoms. The number of aromatic nitrogens is 3. The molecule has 0 N–H and O–H groups in total. The maximum absolute atomic E-state index is 6.01. The summed E-state index contributed by atoms with van der Waals surface area (Å²) in [7, 11) is 0. The van der Waals surface area contributed by atoms with E-state index in [-0.39, 0.29) is 0 Å². The molecular weight excluding hydrogens is 583 g/mol. The zero-order chi connectivity index (χ0) is 30.6. The van der Waals surface area contributed by atoms with Crippen molar-refractivity contribution in [2.24, 2.45) is 23.7 Å². The molecule has 5 saturated carbocycles. The fourth-order valence-electron chi connectivity index (χ4n) is 14.8. The van der Waals surface area contributed by atoms with Gasteiger partial charge in [-0.25, -0.2) is 0 Å². The summed E-state index contributed by atoms with van der Waals surface area (Å²) in [6.07, 6.45) is 17.9. The summed E-state index contributed by atoms with van der Waals surface area (Å²) in [4.78, 5) is 12.0. The van der Waals surface area contributed by atoms with Crippen molar-refractivity contribution in [3.63, 3.8) is 0 Å². The van der Waals surface area contributed by atoms with Crippen LogP contribution in [0.25, 0.3) is 49.2 Å². The Morgan fingerprint density at radius 1 is 0.438 bits per heavy atom. The van der Waals surface area contributed by atoms with Gasteiger partial charge < -0.3 is 4.40 Å². The molecule has 1 aliphatic heterocycles. The highest BCUT2D eigenvalue weighted by Crippen LogP contribution is 2.63. The fourth-order valence-corrected chi connectivity index (χ4v) is 14.8. The largest absolute Gasteiger partial charge is 0.304 e. The Morgan fingerprint density at radius 2 is 0.917 bits per heavy atom. The molecule has 10 aliphatic rings.